The lowest BCUT2D eigenvalue weighted by Gasteiger charge is -2.14. The van der Waals surface area contributed by atoms with E-state index in [4.69, 9.17) is 0 Å². The topological polar surface area (TPSA) is 54.2 Å². The fraction of sp³-hybridized carbons (Fsp3) is 0.467. The Balaban J connectivity index is 0.00000220. The number of aliphatic imine (C=N–C) groups is 1. The van der Waals surface area contributed by atoms with Crippen molar-refractivity contribution >= 4 is 41.0 Å². The van der Waals surface area contributed by atoms with Crippen molar-refractivity contribution in [2.24, 2.45) is 4.99 Å². The van der Waals surface area contributed by atoms with E-state index < -0.39 is 0 Å². The van der Waals surface area contributed by atoms with E-state index in [0.29, 0.717) is 6.04 Å². The number of hydrogen-bond donors (Lipinski definition) is 2. The number of halogens is 1. The van der Waals surface area contributed by atoms with Crippen LogP contribution in [0.1, 0.15) is 20.3 Å². The minimum atomic E-state index is 0. The van der Waals surface area contributed by atoms with E-state index in [9.17, 15) is 0 Å². The van der Waals surface area contributed by atoms with Gasteiger partial charge >= 0.3 is 0 Å². The van der Waals surface area contributed by atoms with E-state index in [0.717, 1.165) is 31.0 Å². The molecule has 0 aliphatic rings. The maximum atomic E-state index is 4.39. The van der Waals surface area contributed by atoms with E-state index in [1.54, 1.807) is 7.05 Å². The summed E-state index contributed by atoms with van der Waals surface area (Å²) in [6, 6.07) is 8.60. The van der Waals surface area contributed by atoms with Crippen LogP contribution >= 0.6 is 24.0 Å². The molecule has 116 valence electrons. The molecule has 0 aliphatic heterocycles. The van der Waals surface area contributed by atoms with Crippen molar-refractivity contribution in [2.45, 2.75) is 32.9 Å². The molecule has 6 heteroatoms. The number of hydrogen-bond acceptors (Lipinski definition) is 2. The number of guanidine groups is 1. The Bertz CT molecular complexity index is 576. The van der Waals surface area contributed by atoms with Gasteiger partial charge in [0.05, 0.1) is 17.4 Å². The van der Waals surface area contributed by atoms with Crippen molar-refractivity contribution in [3.8, 4) is 0 Å². The van der Waals surface area contributed by atoms with Crippen molar-refractivity contribution in [2.75, 3.05) is 13.6 Å². The number of rotatable bonds is 5. The minimum absolute atomic E-state index is 0. The van der Waals surface area contributed by atoms with Gasteiger partial charge in [-0.1, -0.05) is 12.1 Å². The van der Waals surface area contributed by atoms with Crippen molar-refractivity contribution in [1.82, 2.24) is 20.2 Å². The van der Waals surface area contributed by atoms with Gasteiger partial charge in [0.25, 0.3) is 0 Å². The lowest BCUT2D eigenvalue weighted by atomic mass is 10.3. The Morgan fingerprint density at radius 3 is 2.81 bits per heavy atom. The summed E-state index contributed by atoms with van der Waals surface area (Å²) in [5.41, 5.74) is 2.25. The Hall–Kier alpha value is -1.31. The highest BCUT2D eigenvalue weighted by atomic mass is 127. The first-order valence-corrected chi connectivity index (χ1v) is 7.07. The van der Waals surface area contributed by atoms with E-state index in [1.807, 2.05) is 24.5 Å². The van der Waals surface area contributed by atoms with E-state index in [2.05, 4.69) is 45.1 Å². The van der Waals surface area contributed by atoms with Crippen LogP contribution in [0, 0.1) is 0 Å². The molecule has 0 radical (unpaired) electrons. The van der Waals surface area contributed by atoms with Crippen molar-refractivity contribution in [3.05, 3.63) is 30.6 Å². The number of para-hydroxylation sites is 2. The molecule has 0 unspecified atom stereocenters. The molecular weight excluding hydrogens is 377 g/mol. The van der Waals surface area contributed by atoms with Crippen LogP contribution in [0.15, 0.2) is 35.6 Å². The molecule has 0 fully saturated rings. The second-order valence-electron chi connectivity index (χ2n) is 5.08. The highest BCUT2D eigenvalue weighted by Crippen LogP contribution is 2.11. The third-order valence-electron chi connectivity index (χ3n) is 3.04. The smallest absolute Gasteiger partial charge is 0.191 e. The average Bonchev–Trinajstić information content (AvgIpc) is 2.85. The summed E-state index contributed by atoms with van der Waals surface area (Å²) in [5, 5.41) is 6.59. The predicted octanol–water partition coefficient (Wildman–Crippen LogP) is 2.62. The zero-order valence-corrected chi connectivity index (χ0v) is 15.2. The molecule has 2 rings (SSSR count). The zero-order chi connectivity index (χ0) is 14.4. The van der Waals surface area contributed by atoms with Gasteiger partial charge in [-0.2, -0.15) is 0 Å². The van der Waals surface area contributed by atoms with Crippen LogP contribution in [0.3, 0.4) is 0 Å². The second-order valence-corrected chi connectivity index (χ2v) is 5.08. The molecule has 2 aromatic rings. The summed E-state index contributed by atoms with van der Waals surface area (Å²) in [4.78, 5) is 8.58. The lowest BCUT2D eigenvalue weighted by Crippen LogP contribution is -2.41. The number of imidazole rings is 1. The third kappa shape index (κ3) is 5.18. The van der Waals surface area contributed by atoms with Gasteiger partial charge in [-0.05, 0) is 32.4 Å². The normalized spacial score (nSPS) is 11.5. The Kier molecular flexibility index (Phi) is 7.49. The van der Waals surface area contributed by atoms with Gasteiger partial charge in [0.15, 0.2) is 5.96 Å². The molecule has 0 saturated heterocycles. The zero-order valence-electron chi connectivity index (χ0n) is 12.8. The Morgan fingerprint density at radius 2 is 2.10 bits per heavy atom. The van der Waals surface area contributed by atoms with Crippen LogP contribution in [-0.4, -0.2) is 35.1 Å². The molecule has 1 heterocycles. The first kappa shape index (κ1) is 17.7. The van der Waals surface area contributed by atoms with Crippen molar-refractivity contribution in [3.63, 3.8) is 0 Å². The van der Waals surface area contributed by atoms with Crippen LogP contribution in [0.2, 0.25) is 0 Å². The predicted molar refractivity (Wildman–Crippen MR) is 99.4 cm³/mol. The Labute approximate surface area is 143 Å². The number of aryl methyl sites for hydroxylation is 1. The van der Waals surface area contributed by atoms with Crippen LogP contribution in [0.25, 0.3) is 11.0 Å². The van der Waals surface area contributed by atoms with Crippen LogP contribution in [-0.2, 0) is 6.54 Å². The van der Waals surface area contributed by atoms with Gasteiger partial charge in [-0.25, -0.2) is 4.98 Å². The summed E-state index contributed by atoms with van der Waals surface area (Å²) < 4.78 is 2.19. The SMILES string of the molecule is CN=C(NCCCn1cnc2ccccc21)NC(C)C.I. The molecule has 2 N–H and O–H groups in total. The quantitative estimate of drug-likeness (QED) is 0.351. The largest absolute Gasteiger partial charge is 0.356 e. The minimum Gasteiger partial charge on any atom is -0.356 e. The lowest BCUT2D eigenvalue weighted by molar-refractivity contribution is 0.628. The maximum absolute atomic E-state index is 4.39. The molecule has 21 heavy (non-hydrogen) atoms. The molecule has 0 bridgehead atoms. The monoisotopic (exact) mass is 401 g/mol. The average molecular weight is 401 g/mol. The van der Waals surface area contributed by atoms with Crippen molar-refractivity contribution in [1.29, 1.82) is 0 Å². The number of nitrogens with one attached hydrogen (secondary N) is 2. The molecule has 0 aliphatic carbocycles. The van der Waals surface area contributed by atoms with Crippen LogP contribution in [0.5, 0.6) is 0 Å². The number of fused-ring (bicyclic) bond motifs is 1. The summed E-state index contributed by atoms with van der Waals surface area (Å²) in [7, 11) is 1.79. The first-order valence-electron chi connectivity index (χ1n) is 7.07. The molecule has 0 amide bonds. The van der Waals surface area contributed by atoms with Gasteiger partial charge in [-0.3, -0.25) is 4.99 Å². The maximum Gasteiger partial charge on any atom is 0.191 e. The highest BCUT2D eigenvalue weighted by Gasteiger charge is 2.02. The second kappa shape index (κ2) is 8.86. The van der Waals surface area contributed by atoms with Gasteiger partial charge in [0, 0.05) is 26.2 Å². The summed E-state index contributed by atoms with van der Waals surface area (Å²) >= 11 is 0. The number of nitrogens with zero attached hydrogens (tertiary/aromatic N) is 3. The molecule has 5 nitrogen and oxygen atoms in total. The summed E-state index contributed by atoms with van der Waals surface area (Å²) in [6.07, 6.45) is 2.94. The molecule has 1 aromatic carbocycles. The Morgan fingerprint density at radius 1 is 1.33 bits per heavy atom. The molecule has 0 saturated carbocycles. The summed E-state index contributed by atoms with van der Waals surface area (Å²) in [5.74, 6) is 0.857. The molecule has 0 spiro atoms. The van der Waals surface area contributed by atoms with Gasteiger partial charge in [0.1, 0.15) is 0 Å². The standard InChI is InChI=1S/C15H23N5.HI/c1-12(2)19-15(16-3)17-9-6-10-20-11-18-13-7-4-5-8-14(13)20;/h4-5,7-8,11-12H,6,9-10H2,1-3H3,(H2,16,17,19);1H. The van der Waals surface area contributed by atoms with Gasteiger partial charge in [0.2, 0.25) is 0 Å². The third-order valence-corrected chi connectivity index (χ3v) is 3.04. The molecular formula is C15H24IN5. The highest BCUT2D eigenvalue weighted by molar-refractivity contribution is 14.0. The van der Waals surface area contributed by atoms with E-state index in [-0.39, 0.29) is 24.0 Å². The van der Waals surface area contributed by atoms with Crippen LogP contribution < -0.4 is 10.6 Å². The summed E-state index contributed by atoms with van der Waals surface area (Å²) in [6.45, 7) is 6.04. The fourth-order valence-corrected chi connectivity index (χ4v) is 2.11. The van der Waals surface area contributed by atoms with E-state index >= 15 is 0 Å². The van der Waals surface area contributed by atoms with Crippen molar-refractivity contribution < 1.29 is 0 Å². The first-order chi connectivity index (χ1) is 9.70. The van der Waals surface area contributed by atoms with E-state index in [1.165, 1.54) is 5.52 Å². The van der Waals surface area contributed by atoms with Gasteiger partial charge < -0.3 is 15.2 Å². The fourth-order valence-electron chi connectivity index (χ4n) is 2.11. The molecule has 0 atom stereocenters. The molecule has 1 aromatic heterocycles. The van der Waals surface area contributed by atoms with Gasteiger partial charge in [-0.15, -0.1) is 24.0 Å². The number of benzene rings is 1. The van der Waals surface area contributed by atoms with Crippen LogP contribution in [0.4, 0.5) is 0 Å². The number of aromatic nitrogens is 2.